The summed E-state index contributed by atoms with van der Waals surface area (Å²) in [7, 11) is 0. The number of ether oxygens (including phenoxy) is 5. The van der Waals surface area contributed by atoms with Gasteiger partial charge in [0.05, 0.1) is 19.8 Å². The van der Waals surface area contributed by atoms with Crippen molar-refractivity contribution in [3.63, 3.8) is 0 Å². The van der Waals surface area contributed by atoms with Crippen molar-refractivity contribution in [2.24, 2.45) is 0 Å². The molecule has 0 aromatic heterocycles. The van der Waals surface area contributed by atoms with E-state index in [-0.39, 0.29) is 6.61 Å². The molecule has 1 unspecified atom stereocenters. The Labute approximate surface area is 170 Å². The summed E-state index contributed by atoms with van der Waals surface area (Å²) in [6, 6.07) is 0. The molecule has 13 atom stereocenters. The Morgan fingerprint density at radius 2 is 1.20 bits per heavy atom. The standard InChI is InChI=1S/C16H28O14/c17-1-6-8(21)13(10(23)14(25)28-6)30-16-11(24)12(5(19)3-27-16)29-15-9(22)7(20)4(18)2-26-15/h4-25H,1-3H2/t4-,5-,6-,7+,8-,9-,10-,11-,12+,13+,14?,15-,16-/m1/s1. The van der Waals surface area contributed by atoms with Crippen LogP contribution in [0.5, 0.6) is 0 Å². The number of aliphatic hydroxyl groups excluding tert-OH is 9. The van der Waals surface area contributed by atoms with Crippen molar-refractivity contribution in [3.05, 3.63) is 0 Å². The van der Waals surface area contributed by atoms with E-state index in [0.717, 1.165) is 0 Å². The Bertz CT molecular complexity index is 552. The van der Waals surface area contributed by atoms with Gasteiger partial charge in [-0.2, -0.15) is 0 Å². The van der Waals surface area contributed by atoms with Gasteiger partial charge in [0, 0.05) is 0 Å². The summed E-state index contributed by atoms with van der Waals surface area (Å²) in [5.41, 5.74) is 0. The predicted molar refractivity (Wildman–Crippen MR) is 89.2 cm³/mol. The van der Waals surface area contributed by atoms with Crippen molar-refractivity contribution in [3.8, 4) is 0 Å². The van der Waals surface area contributed by atoms with Crippen LogP contribution >= 0.6 is 0 Å². The number of aliphatic hydroxyl groups is 9. The van der Waals surface area contributed by atoms with Crippen molar-refractivity contribution >= 4 is 0 Å². The molecule has 9 N–H and O–H groups in total. The van der Waals surface area contributed by atoms with Gasteiger partial charge in [0.1, 0.15) is 61.0 Å². The first-order chi connectivity index (χ1) is 14.1. The third kappa shape index (κ3) is 4.77. The molecule has 0 saturated carbocycles. The molecule has 0 aliphatic carbocycles. The molecule has 0 spiro atoms. The van der Waals surface area contributed by atoms with Crippen LogP contribution in [0.2, 0.25) is 0 Å². The van der Waals surface area contributed by atoms with Crippen LogP contribution < -0.4 is 0 Å². The Balaban J connectivity index is 1.67. The average Bonchev–Trinajstić information content (AvgIpc) is 2.72. The Morgan fingerprint density at radius 3 is 1.83 bits per heavy atom. The molecule has 14 heteroatoms. The molecule has 0 radical (unpaired) electrons. The second-order valence-electron chi connectivity index (χ2n) is 7.44. The fourth-order valence-corrected chi connectivity index (χ4v) is 3.50. The highest BCUT2D eigenvalue weighted by molar-refractivity contribution is 4.93. The first kappa shape index (κ1) is 24.1. The van der Waals surface area contributed by atoms with Crippen molar-refractivity contribution in [2.45, 2.75) is 79.9 Å². The zero-order valence-electron chi connectivity index (χ0n) is 15.7. The summed E-state index contributed by atoms with van der Waals surface area (Å²) in [5, 5.41) is 89.0. The minimum Gasteiger partial charge on any atom is -0.394 e. The molecule has 3 saturated heterocycles. The number of rotatable bonds is 5. The summed E-state index contributed by atoms with van der Waals surface area (Å²) in [6.07, 6.45) is -20.1. The SMILES string of the molecule is OC[C@H]1OC(O)[C@H](O)[C@@H](O[C@H]2OC[C@@H](O)[C@H](O[C@H]3OC[C@@H](O)[C@H](O)[C@H]3O)[C@H]2O)[C@@H]1O. The molecule has 0 bridgehead atoms. The minimum atomic E-state index is -1.78. The topological polar surface area (TPSA) is 228 Å². The quantitative estimate of drug-likeness (QED) is 0.192. The summed E-state index contributed by atoms with van der Waals surface area (Å²) >= 11 is 0. The van der Waals surface area contributed by atoms with Gasteiger partial charge < -0.3 is 69.6 Å². The zero-order chi connectivity index (χ0) is 22.2. The van der Waals surface area contributed by atoms with Gasteiger partial charge in [-0.25, -0.2) is 0 Å². The Kier molecular flexibility index (Phi) is 7.97. The smallest absolute Gasteiger partial charge is 0.186 e. The fourth-order valence-electron chi connectivity index (χ4n) is 3.50. The molecule has 30 heavy (non-hydrogen) atoms. The first-order valence-corrected chi connectivity index (χ1v) is 9.40. The lowest BCUT2D eigenvalue weighted by molar-refractivity contribution is -0.361. The van der Waals surface area contributed by atoms with Gasteiger partial charge in [-0.1, -0.05) is 0 Å². The summed E-state index contributed by atoms with van der Waals surface area (Å²) < 4.78 is 25.9. The van der Waals surface area contributed by atoms with Gasteiger partial charge in [0.25, 0.3) is 0 Å². The van der Waals surface area contributed by atoms with E-state index in [1.807, 2.05) is 0 Å². The maximum atomic E-state index is 10.5. The highest BCUT2D eigenvalue weighted by Gasteiger charge is 2.50. The molecule has 3 rings (SSSR count). The molecule has 0 aromatic rings. The highest BCUT2D eigenvalue weighted by atomic mass is 16.7. The number of hydrogen-bond donors (Lipinski definition) is 9. The Hall–Kier alpha value is -0.560. The van der Waals surface area contributed by atoms with Crippen LogP contribution in [0.1, 0.15) is 0 Å². The van der Waals surface area contributed by atoms with E-state index in [2.05, 4.69) is 0 Å². The predicted octanol–water partition coefficient (Wildman–Crippen LogP) is -6.29. The molecule has 3 fully saturated rings. The molecule has 0 amide bonds. The molecule has 0 aromatic carbocycles. The number of hydrogen-bond acceptors (Lipinski definition) is 14. The lowest BCUT2D eigenvalue weighted by atomic mass is 9.98. The van der Waals surface area contributed by atoms with E-state index in [9.17, 15) is 46.0 Å². The van der Waals surface area contributed by atoms with Crippen LogP contribution in [0.4, 0.5) is 0 Å². The van der Waals surface area contributed by atoms with Crippen molar-refractivity contribution in [1.29, 1.82) is 0 Å². The van der Waals surface area contributed by atoms with E-state index in [1.54, 1.807) is 0 Å². The summed E-state index contributed by atoms with van der Waals surface area (Å²) in [6.45, 7) is -1.46. The van der Waals surface area contributed by atoms with Crippen LogP contribution in [0.25, 0.3) is 0 Å². The first-order valence-electron chi connectivity index (χ1n) is 9.40. The van der Waals surface area contributed by atoms with Gasteiger partial charge in [-0.15, -0.1) is 0 Å². The van der Waals surface area contributed by atoms with E-state index < -0.39 is 93.1 Å². The monoisotopic (exact) mass is 444 g/mol. The van der Waals surface area contributed by atoms with E-state index in [4.69, 9.17) is 23.7 Å². The van der Waals surface area contributed by atoms with E-state index in [0.29, 0.717) is 0 Å². The maximum absolute atomic E-state index is 10.5. The molecule has 3 aliphatic heterocycles. The summed E-state index contributed by atoms with van der Waals surface area (Å²) in [4.78, 5) is 0. The average molecular weight is 444 g/mol. The van der Waals surface area contributed by atoms with Crippen LogP contribution in [0.3, 0.4) is 0 Å². The normalized spacial score (nSPS) is 52.9. The second kappa shape index (κ2) is 9.93. The maximum Gasteiger partial charge on any atom is 0.186 e. The fraction of sp³-hybridized carbons (Fsp3) is 1.00. The van der Waals surface area contributed by atoms with Crippen molar-refractivity contribution in [2.75, 3.05) is 19.8 Å². The molecule has 176 valence electrons. The van der Waals surface area contributed by atoms with Gasteiger partial charge in [0.2, 0.25) is 0 Å². The molecule has 3 heterocycles. The molecular weight excluding hydrogens is 416 g/mol. The zero-order valence-corrected chi connectivity index (χ0v) is 15.7. The van der Waals surface area contributed by atoms with Crippen LogP contribution in [0.15, 0.2) is 0 Å². The van der Waals surface area contributed by atoms with E-state index >= 15 is 0 Å². The Morgan fingerprint density at radius 1 is 0.633 bits per heavy atom. The second-order valence-corrected chi connectivity index (χ2v) is 7.44. The van der Waals surface area contributed by atoms with Crippen molar-refractivity contribution in [1.82, 2.24) is 0 Å². The van der Waals surface area contributed by atoms with Gasteiger partial charge in [0.15, 0.2) is 18.9 Å². The minimum absolute atomic E-state index is 0.362. The van der Waals surface area contributed by atoms with E-state index in [1.165, 1.54) is 0 Å². The lowest BCUT2D eigenvalue weighted by Crippen LogP contribution is -2.64. The van der Waals surface area contributed by atoms with Gasteiger partial charge in [-0.05, 0) is 0 Å². The van der Waals surface area contributed by atoms with Gasteiger partial charge in [-0.3, -0.25) is 0 Å². The molecule has 14 nitrogen and oxygen atoms in total. The third-order valence-corrected chi connectivity index (χ3v) is 5.30. The van der Waals surface area contributed by atoms with Crippen molar-refractivity contribution < 1.29 is 69.6 Å². The van der Waals surface area contributed by atoms with Crippen LogP contribution in [0, 0.1) is 0 Å². The van der Waals surface area contributed by atoms with Crippen LogP contribution in [-0.2, 0) is 23.7 Å². The molecule has 3 aliphatic rings. The lowest BCUT2D eigenvalue weighted by Gasteiger charge is -2.45. The van der Waals surface area contributed by atoms with Crippen LogP contribution in [-0.4, -0.2) is 146 Å². The third-order valence-electron chi connectivity index (χ3n) is 5.30. The summed E-state index contributed by atoms with van der Waals surface area (Å²) in [5.74, 6) is 0. The largest absolute Gasteiger partial charge is 0.394 e. The molecular formula is C16H28O14. The van der Waals surface area contributed by atoms with Gasteiger partial charge >= 0.3 is 0 Å². The highest BCUT2D eigenvalue weighted by Crippen LogP contribution is 2.29.